The van der Waals surface area contributed by atoms with Crippen LogP contribution in [0.4, 0.5) is 0 Å². The first-order valence-electron chi connectivity index (χ1n) is 11.4. The van der Waals surface area contributed by atoms with Gasteiger partial charge in [0.1, 0.15) is 0 Å². The van der Waals surface area contributed by atoms with Crippen LogP contribution in [0.15, 0.2) is 60.4 Å². The zero-order valence-corrected chi connectivity index (χ0v) is 18.9. The van der Waals surface area contributed by atoms with Gasteiger partial charge in [0.05, 0.1) is 13.2 Å². The summed E-state index contributed by atoms with van der Waals surface area (Å²) in [5.41, 5.74) is 2.91. The highest BCUT2D eigenvalue weighted by Crippen LogP contribution is 2.32. The molecule has 2 atom stereocenters. The first-order valence-corrected chi connectivity index (χ1v) is 11.7. The number of aliphatic hydroxyl groups excluding tert-OH is 1. The molecule has 1 fully saturated rings. The third-order valence-corrected chi connectivity index (χ3v) is 6.41. The number of hydrogen-bond acceptors (Lipinski definition) is 4. The minimum atomic E-state index is -0.537. The number of carbonyl (C=O) groups is 1. The molecular formula is C26H30ClNO4. The number of nitrogens with one attached hydrogen (secondary N) is 1. The Morgan fingerprint density at radius 1 is 1.03 bits per heavy atom. The summed E-state index contributed by atoms with van der Waals surface area (Å²) >= 11 is 6.06. The van der Waals surface area contributed by atoms with Gasteiger partial charge < -0.3 is 19.9 Å². The van der Waals surface area contributed by atoms with Gasteiger partial charge in [0.25, 0.3) is 5.91 Å². The highest BCUT2D eigenvalue weighted by molar-refractivity contribution is 6.30. The van der Waals surface area contributed by atoms with Crippen molar-refractivity contribution in [1.82, 2.24) is 5.32 Å². The maximum absolute atomic E-state index is 13.0. The van der Waals surface area contributed by atoms with Crippen LogP contribution in [-0.2, 0) is 27.5 Å². The fourth-order valence-electron chi connectivity index (χ4n) is 4.29. The van der Waals surface area contributed by atoms with Gasteiger partial charge in [-0.25, -0.2) is 0 Å². The number of aliphatic hydroxyl groups is 1. The summed E-state index contributed by atoms with van der Waals surface area (Å²) in [5, 5.41) is 13.0. The van der Waals surface area contributed by atoms with Crippen molar-refractivity contribution in [2.24, 2.45) is 0 Å². The Hall–Kier alpha value is -2.34. The predicted octanol–water partition coefficient (Wildman–Crippen LogP) is 5.21. The summed E-state index contributed by atoms with van der Waals surface area (Å²) in [6, 6.07) is 15.5. The molecule has 4 rings (SSSR count). The molecule has 0 aromatic heterocycles. The summed E-state index contributed by atoms with van der Waals surface area (Å²) in [6.07, 6.45) is 7.54. The number of rotatable bonds is 7. The molecule has 0 radical (unpaired) electrons. The number of allylic oxidation sites excluding steroid dienone is 1. The summed E-state index contributed by atoms with van der Waals surface area (Å²) in [5.74, 6) is 0.147. The molecule has 0 bridgehead atoms. The number of amides is 1. The lowest BCUT2D eigenvalue weighted by Gasteiger charge is -2.30. The van der Waals surface area contributed by atoms with Gasteiger partial charge in [-0.3, -0.25) is 4.79 Å². The lowest BCUT2D eigenvalue weighted by atomic mass is 9.92. The van der Waals surface area contributed by atoms with Gasteiger partial charge in [-0.1, -0.05) is 67.3 Å². The van der Waals surface area contributed by atoms with E-state index in [4.69, 9.17) is 21.1 Å². The Bertz CT molecular complexity index is 920. The maximum Gasteiger partial charge on any atom is 0.286 e. The van der Waals surface area contributed by atoms with Crippen molar-refractivity contribution in [3.8, 4) is 0 Å². The van der Waals surface area contributed by atoms with Gasteiger partial charge in [0.2, 0.25) is 6.29 Å². The summed E-state index contributed by atoms with van der Waals surface area (Å²) in [6.45, 7) is 0.376. The molecule has 0 saturated heterocycles. The molecule has 2 N–H and O–H groups in total. The SMILES string of the molecule is O=C(NC1CCCCC1)C1=C[C@@H](c2ccc(Cl)cc2)C[C@@H](OCc2ccc(CO)cc2)O1. The van der Waals surface area contributed by atoms with E-state index in [1.807, 2.05) is 54.6 Å². The van der Waals surface area contributed by atoms with Crippen LogP contribution in [0.2, 0.25) is 5.02 Å². The van der Waals surface area contributed by atoms with Crippen LogP contribution in [-0.4, -0.2) is 23.3 Å². The predicted molar refractivity (Wildman–Crippen MR) is 124 cm³/mol. The molecule has 2 aliphatic rings. The number of benzene rings is 2. The Balaban J connectivity index is 1.46. The third kappa shape index (κ3) is 6.12. The molecule has 0 unspecified atom stereocenters. The van der Waals surface area contributed by atoms with Crippen molar-refractivity contribution in [1.29, 1.82) is 0 Å². The van der Waals surface area contributed by atoms with Crippen LogP contribution in [0.1, 0.15) is 61.1 Å². The minimum absolute atomic E-state index is 0.00473. The van der Waals surface area contributed by atoms with Crippen LogP contribution < -0.4 is 5.32 Å². The Morgan fingerprint density at radius 2 is 1.72 bits per heavy atom. The zero-order valence-electron chi connectivity index (χ0n) is 18.1. The van der Waals surface area contributed by atoms with E-state index in [1.165, 1.54) is 6.42 Å². The van der Waals surface area contributed by atoms with Gasteiger partial charge in [-0.2, -0.15) is 0 Å². The fourth-order valence-corrected chi connectivity index (χ4v) is 4.42. The number of carbonyl (C=O) groups excluding carboxylic acids is 1. The fraction of sp³-hybridized carbons (Fsp3) is 0.423. The number of hydrogen-bond donors (Lipinski definition) is 2. The monoisotopic (exact) mass is 455 g/mol. The van der Waals surface area contributed by atoms with E-state index in [0.29, 0.717) is 23.8 Å². The van der Waals surface area contributed by atoms with E-state index >= 15 is 0 Å². The van der Waals surface area contributed by atoms with E-state index in [-0.39, 0.29) is 24.5 Å². The highest BCUT2D eigenvalue weighted by atomic mass is 35.5. The van der Waals surface area contributed by atoms with Gasteiger partial charge in [0, 0.05) is 23.4 Å². The second-order valence-electron chi connectivity index (χ2n) is 8.57. The lowest BCUT2D eigenvalue weighted by molar-refractivity contribution is -0.150. The molecule has 2 aromatic rings. The van der Waals surface area contributed by atoms with Gasteiger partial charge in [-0.15, -0.1) is 0 Å². The Kier molecular flexibility index (Phi) is 7.85. The van der Waals surface area contributed by atoms with Gasteiger partial charge in [0.15, 0.2) is 5.76 Å². The van der Waals surface area contributed by atoms with Crippen molar-refractivity contribution < 1.29 is 19.4 Å². The second kappa shape index (κ2) is 11.0. The van der Waals surface area contributed by atoms with Crippen molar-refractivity contribution in [3.05, 3.63) is 82.1 Å². The molecular weight excluding hydrogens is 426 g/mol. The average molecular weight is 456 g/mol. The van der Waals surface area contributed by atoms with Gasteiger partial charge in [-0.05, 0) is 47.7 Å². The summed E-state index contributed by atoms with van der Waals surface area (Å²) in [4.78, 5) is 13.0. The molecule has 1 aliphatic carbocycles. The van der Waals surface area contributed by atoms with E-state index in [2.05, 4.69) is 5.32 Å². The molecule has 1 aliphatic heterocycles. The van der Waals surface area contributed by atoms with Crippen LogP contribution in [0, 0.1) is 0 Å². The lowest BCUT2D eigenvalue weighted by Crippen LogP contribution is -2.39. The molecule has 0 spiro atoms. The molecule has 1 heterocycles. The Labute approximate surface area is 194 Å². The van der Waals surface area contributed by atoms with E-state index in [1.54, 1.807) is 0 Å². The van der Waals surface area contributed by atoms with E-state index in [9.17, 15) is 9.90 Å². The standard InChI is InChI=1S/C26H30ClNO4/c27-22-12-10-20(11-13-22)21-14-24(26(30)28-23-4-2-1-3-5-23)32-25(15-21)31-17-19-8-6-18(16-29)7-9-19/h6-14,21,23,25,29H,1-5,15-17H2,(H,28,30)/t21-,25+/m1/s1. The van der Waals surface area contributed by atoms with E-state index in [0.717, 1.165) is 42.4 Å². The average Bonchev–Trinajstić information content (AvgIpc) is 2.84. The quantitative estimate of drug-likeness (QED) is 0.601. The van der Waals surface area contributed by atoms with Crippen LogP contribution in [0.5, 0.6) is 0 Å². The van der Waals surface area contributed by atoms with Crippen LogP contribution in [0.25, 0.3) is 0 Å². The van der Waals surface area contributed by atoms with Crippen molar-refractivity contribution in [2.45, 2.75) is 70.0 Å². The van der Waals surface area contributed by atoms with Crippen molar-refractivity contribution >= 4 is 17.5 Å². The molecule has 170 valence electrons. The second-order valence-corrected chi connectivity index (χ2v) is 9.00. The third-order valence-electron chi connectivity index (χ3n) is 6.16. The normalized spacial score (nSPS) is 21.5. The topological polar surface area (TPSA) is 67.8 Å². The number of halogens is 1. The van der Waals surface area contributed by atoms with Crippen molar-refractivity contribution in [2.75, 3.05) is 0 Å². The van der Waals surface area contributed by atoms with Crippen LogP contribution >= 0.6 is 11.6 Å². The van der Waals surface area contributed by atoms with Crippen molar-refractivity contribution in [3.63, 3.8) is 0 Å². The van der Waals surface area contributed by atoms with Gasteiger partial charge >= 0.3 is 0 Å². The molecule has 5 nitrogen and oxygen atoms in total. The number of ether oxygens (including phenoxy) is 2. The Morgan fingerprint density at radius 3 is 2.41 bits per heavy atom. The van der Waals surface area contributed by atoms with E-state index < -0.39 is 6.29 Å². The minimum Gasteiger partial charge on any atom is -0.459 e. The molecule has 1 amide bonds. The summed E-state index contributed by atoms with van der Waals surface area (Å²) < 4.78 is 12.0. The maximum atomic E-state index is 13.0. The summed E-state index contributed by atoms with van der Waals surface area (Å²) in [7, 11) is 0. The first-order chi connectivity index (χ1) is 15.6. The smallest absolute Gasteiger partial charge is 0.286 e. The highest BCUT2D eigenvalue weighted by Gasteiger charge is 2.30. The molecule has 32 heavy (non-hydrogen) atoms. The molecule has 6 heteroatoms. The van der Waals surface area contributed by atoms with Crippen LogP contribution in [0.3, 0.4) is 0 Å². The zero-order chi connectivity index (χ0) is 22.3. The molecule has 2 aromatic carbocycles. The largest absolute Gasteiger partial charge is 0.459 e. The first kappa shape index (κ1) is 22.8. The molecule has 1 saturated carbocycles.